The van der Waals surface area contributed by atoms with Gasteiger partial charge in [-0.1, -0.05) is 81.4 Å². The Kier molecular flexibility index (Phi) is 12.0. The van der Waals surface area contributed by atoms with E-state index < -0.39 is 8.32 Å². The molecule has 0 bridgehead atoms. The summed E-state index contributed by atoms with van der Waals surface area (Å²) in [4.78, 5) is 9.40. The number of hydrogen-bond donors (Lipinski definition) is 2. The van der Waals surface area contributed by atoms with Gasteiger partial charge in [-0.15, -0.1) is 10.2 Å². The number of nitrogens with two attached hydrogens (primary N) is 2. The van der Waals surface area contributed by atoms with Gasteiger partial charge in [-0.05, 0) is 85.2 Å². The fraction of sp³-hybridized carbons (Fsp3) is 0.326. The summed E-state index contributed by atoms with van der Waals surface area (Å²) in [6.45, 7) is 9.08. The highest BCUT2D eigenvalue weighted by molar-refractivity contribution is 6.99. The molecule has 12 heteroatoms. The molecule has 1 saturated heterocycles. The number of nitrogen functional groups attached to an aromatic ring is 2. The van der Waals surface area contributed by atoms with E-state index >= 15 is 0 Å². The molecule has 58 heavy (non-hydrogen) atoms. The van der Waals surface area contributed by atoms with Crippen molar-refractivity contribution in [2.45, 2.75) is 57.5 Å². The Hall–Kier alpha value is -5.56. The van der Waals surface area contributed by atoms with Crippen molar-refractivity contribution in [3.63, 3.8) is 0 Å². The van der Waals surface area contributed by atoms with E-state index in [-0.39, 0.29) is 10.9 Å². The van der Waals surface area contributed by atoms with E-state index in [1.54, 1.807) is 25.4 Å². The third-order valence-electron chi connectivity index (χ3n) is 11.5. The molecule has 7 rings (SSSR count). The molecular weight excluding hydrogens is 744 g/mol. The number of pyridine rings is 1. The fourth-order valence-electron chi connectivity index (χ4n) is 8.45. The summed E-state index contributed by atoms with van der Waals surface area (Å²) < 4.78 is 29.2. The molecule has 6 aromatic rings. The predicted molar refractivity (Wildman–Crippen MR) is 236 cm³/mol. The highest BCUT2D eigenvalue weighted by Gasteiger charge is 2.50. The van der Waals surface area contributed by atoms with Crippen LogP contribution in [0.1, 0.15) is 45.9 Å². The Balaban J connectivity index is 1.24. The predicted octanol–water partition coefficient (Wildman–Crippen LogP) is 7.35. The number of methoxy groups -OCH3 is 1. The molecular formula is C46H55FN8O2Si. The van der Waals surface area contributed by atoms with E-state index in [1.165, 1.54) is 22.5 Å². The van der Waals surface area contributed by atoms with Crippen LogP contribution in [0.4, 0.5) is 21.5 Å². The molecule has 1 aliphatic heterocycles. The lowest BCUT2D eigenvalue weighted by molar-refractivity contribution is 0.249. The normalized spacial score (nSPS) is 14.0. The first kappa shape index (κ1) is 40.6. The minimum atomic E-state index is -2.73. The second-order valence-corrected chi connectivity index (χ2v) is 20.6. The van der Waals surface area contributed by atoms with Gasteiger partial charge in [0.15, 0.2) is 5.82 Å². The van der Waals surface area contributed by atoms with Crippen molar-refractivity contribution in [2.75, 3.05) is 57.3 Å². The number of hydrogen-bond acceptors (Lipinski definition) is 9. The van der Waals surface area contributed by atoms with Crippen LogP contribution in [-0.2, 0) is 10.8 Å². The van der Waals surface area contributed by atoms with Crippen LogP contribution in [0.15, 0.2) is 109 Å². The number of nitrogens with zero attached hydrogens (tertiary/aromatic N) is 6. The van der Waals surface area contributed by atoms with Gasteiger partial charge in [0.05, 0.1) is 41.1 Å². The van der Waals surface area contributed by atoms with Crippen molar-refractivity contribution in [3.8, 4) is 34.1 Å². The smallest absolute Gasteiger partial charge is 0.261 e. The number of rotatable bonds is 13. The van der Waals surface area contributed by atoms with Crippen LogP contribution in [0.2, 0.25) is 5.04 Å². The number of aromatic nitrogens is 4. The lowest BCUT2D eigenvalue weighted by Gasteiger charge is -2.43. The van der Waals surface area contributed by atoms with E-state index in [0.29, 0.717) is 59.7 Å². The Labute approximate surface area is 342 Å². The van der Waals surface area contributed by atoms with Gasteiger partial charge < -0.3 is 30.4 Å². The summed E-state index contributed by atoms with van der Waals surface area (Å²) in [5.41, 5.74) is 18.4. The zero-order chi connectivity index (χ0) is 41.0. The first-order valence-electron chi connectivity index (χ1n) is 20.0. The van der Waals surface area contributed by atoms with Crippen molar-refractivity contribution in [3.05, 3.63) is 121 Å². The van der Waals surface area contributed by atoms with Crippen LogP contribution in [0, 0.1) is 5.82 Å². The largest absolute Gasteiger partial charge is 0.494 e. The average molecular weight is 799 g/mol. The Morgan fingerprint density at radius 1 is 0.845 bits per heavy atom. The number of ether oxygens (including phenoxy) is 1. The van der Waals surface area contributed by atoms with Gasteiger partial charge in [0.25, 0.3) is 8.32 Å². The SMILES string of the molecule is COc1cc(N2CCC(N(C)C)CC2)c(N)c(-c2cc(-n3c(CCCO[Si](c4ccccc4)(c4ccccc4)C(C)(C)C)nnc3-c3ccc(F)cc3)ccn2)c1N. The van der Waals surface area contributed by atoms with Crippen molar-refractivity contribution in [1.82, 2.24) is 24.6 Å². The van der Waals surface area contributed by atoms with Gasteiger partial charge in [-0.2, -0.15) is 0 Å². The van der Waals surface area contributed by atoms with Gasteiger partial charge in [-0.25, -0.2) is 4.39 Å². The second kappa shape index (κ2) is 17.1. The van der Waals surface area contributed by atoms with Gasteiger partial charge in [0.1, 0.15) is 17.4 Å². The number of aryl methyl sites for hydroxylation is 1. The Morgan fingerprint density at radius 3 is 2.07 bits per heavy atom. The van der Waals surface area contributed by atoms with Crippen LogP contribution >= 0.6 is 0 Å². The number of benzene rings is 4. The fourth-order valence-corrected chi connectivity index (χ4v) is 13.1. The molecule has 0 amide bonds. The summed E-state index contributed by atoms with van der Waals surface area (Å²) in [6.07, 6.45) is 5.05. The van der Waals surface area contributed by atoms with Crippen LogP contribution in [0.5, 0.6) is 5.75 Å². The van der Waals surface area contributed by atoms with Crippen molar-refractivity contribution >= 4 is 35.8 Å². The highest BCUT2D eigenvalue weighted by Crippen LogP contribution is 2.45. The summed E-state index contributed by atoms with van der Waals surface area (Å²) in [6, 6.07) is 33.9. The summed E-state index contributed by atoms with van der Waals surface area (Å²) in [7, 11) is 3.15. The molecule has 0 aliphatic carbocycles. The van der Waals surface area contributed by atoms with Gasteiger partial charge >= 0.3 is 0 Å². The molecule has 3 heterocycles. The molecule has 0 radical (unpaired) electrons. The zero-order valence-electron chi connectivity index (χ0n) is 34.5. The topological polar surface area (TPSA) is 121 Å². The molecule has 0 unspecified atom stereocenters. The molecule has 2 aromatic heterocycles. The van der Waals surface area contributed by atoms with Crippen LogP contribution in [0.3, 0.4) is 0 Å². The maximum Gasteiger partial charge on any atom is 0.261 e. The van der Waals surface area contributed by atoms with E-state index in [0.717, 1.165) is 48.7 Å². The Morgan fingerprint density at radius 2 is 1.48 bits per heavy atom. The molecule has 0 saturated carbocycles. The molecule has 1 aliphatic rings. The maximum atomic E-state index is 14.2. The maximum absolute atomic E-state index is 14.2. The molecule has 4 N–H and O–H groups in total. The lowest BCUT2D eigenvalue weighted by Crippen LogP contribution is -2.66. The lowest BCUT2D eigenvalue weighted by atomic mass is 9.99. The monoisotopic (exact) mass is 798 g/mol. The number of anilines is 3. The van der Waals surface area contributed by atoms with Crippen molar-refractivity contribution in [1.29, 1.82) is 0 Å². The quantitative estimate of drug-likeness (QED) is 0.0703. The third kappa shape index (κ3) is 7.96. The van der Waals surface area contributed by atoms with Crippen molar-refractivity contribution < 1.29 is 13.6 Å². The summed E-state index contributed by atoms with van der Waals surface area (Å²) in [5.74, 6) is 1.53. The minimum Gasteiger partial charge on any atom is -0.494 e. The van der Waals surface area contributed by atoms with E-state index in [1.807, 2.05) is 22.8 Å². The van der Waals surface area contributed by atoms with Gasteiger partial charge in [-0.3, -0.25) is 9.55 Å². The molecule has 302 valence electrons. The van der Waals surface area contributed by atoms with Crippen molar-refractivity contribution in [2.24, 2.45) is 0 Å². The molecule has 0 spiro atoms. The number of piperidine rings is 1. The van der Waals surface area contributed by atoms with E-state index in [9.17, 15) is 4.39 Å². The van der Waals surface area contributed by atoms with Gasteiger partial charge in [0.2, 0.25) is 0 Å². The second-order valence-electron chi connectivity index (χ2n) is 16.3. The first-order chi connectivity index (χ1) is 27.9. The standard InChI is InChI=1S/C46H55FN8O2Si/c1-46(2,3)58(36-14-9-7-10-15-36,37-16-11-8-12-17-37)57-29-13-18-41-51-52-45(32-19-21-33(47)22-20-32)55(41)35-23-26-50-38(30-35)42-43(48)39(31-40(56-6)44(42)49)54-27-24-34(25-28-54)53(4)5/h7-12,14-17,19-23,26,30-31,34H,13,18,24-25,27-29,48-49H2,1-6H3. The molecule has 4 aromatic carbocycles. The van der Waals surface area contributed by atoms with E-state index in [2.05, 4.69) is 110 Å². The minimum absolute atomic E-state index is 0.148. The Bertz CT molecular complexity index is 2270. The zero-order valence-corrected chi connectivity index (χ0v) is 35.5. The van der Waals surface area contributed by atoms with Crippen LogP contribution in [-0.4, -0.2) is 79.9 Å². The van der Waals surface area contributed by atoms with Crippen LogP contribution in [0.25, 0.3) is 28.3 Å². The molecule has 10 nitrogen and oxygen atoms in total. The van der Waals surface area contributed by atoms with E-state index in [4.69, 9.17) is 30.7 Å². The summed E-state index contributed by atoms with van der Waals surface area (Å²) >= 11 is 0. The van der Waals surface area contributed by atoms with Gasteiger partial charge in [0, 0.05) is 50.0 Å². The molecule has 0 atom stereocenters. The summed E-state index contributed by atoms with van der Waals surface area (Å²) in [5, 5.41) is 11.7. The number of halogens is 1. The highest BCUT2D eigenvalue weighted by atomic mass is 28.4. The first-order valence-corrected chi connectivity index (χ1v) is 21.9. The third-order valence-corrected chi connectivity index (χ3v) is 16.5. The van der Waals surface area contributed by atoms with Crippen LogP contribution < -0.4 is 31.5 Å². The average Bonchev–Trinajstić information content (AvgIpc) is 3.65. The molecule has 1 fully saturated rings.